The van der Waals surface area contributed by atoms with Crippen molar-refractivity contribution in [2.45, 2.75) is 31.7 Å². The van der Waals surface area contributed by atoms with Crippen LogP contribution in [0.15, 0.2) is 18.2 Å². The number of aromatic hydroxyl groups is 2. The molecule has 6 N–H and O–H groups in total. The van der Waals surface area contributed by atoms with E-state index in [0.717, 1.165) is 12.8 Å². The van der Waals surface area contributed by atoms with Gasteiger partial charge >= 0.3 is 5.97 Å². The van der Waals surface area contributed by atoms with Gasteiger partial charge in [0.25, 0.3) is 0 Å². The number of aliphatic carboxylic acids is 1. The van der Waals surface area contributed by atoms with E-state index in [1.54, 1.807) is 6.07 Å². The van der Waals surface area contributed by atoms with E-state index in [2.05, 4.69) is 5.32 Å². The van der Waals surface area contributed by atoms with Crippen LogP contribution in [-0.4, -0.2) is 40.4 Å². The minimum atomic E-state index is -0.900. The van der Waals surface area contributed by atoms with Gasteiger partial charge in [0, 0.05) is 12.1 Å². The van der Waals surface area contributed by atoms with Crippen molar-refractivity contribution in [2.75, 3.05) is 13.1 Å². The molecule has 6 nitrogen and oxygen atoms in total. The average molecular weight is 282 g/mol. The fourth-order valence-corrected chi connectivity index (χ4v) is 2.00. The molecule has 0 aromatic heterocycles. The Hall–Kier alpha value is -1.79. The lowest BCUT2D eigenvalue weighted by atomic mass is 10.1. The van der Waals surface area contributed by atoms with Gasteiger partial charge in [-0.2, -0.15) is 0 Å². The second-order valence-corrected chi connectivity index (χ2v) is 4.65. The molecule has 0 heterocycles. The maximum atomic E-state index is 11.1. The summed E-state index contributed by atoms with van der Waals surface area (Å²) in [5, 5.41) is 31.2. The summed E-state index contributed by atoms with van der Waals surface area (Å²) in [5.41, 5.74) is 5.80. The quantitative estimate of drug-likeness (QED) is 0.428. The van der Waals surface area contributed by atoms with Crippen LogP contribution in [-0.2, 0) is 11.2 Å². The summed E-state index contributed by atoms with van der Waals surface area (Å²) in [4.78, 5) is 11.1. The van der Waals surface area contributed by atoms with Crippen LogP contribution in [0.3, 0.4) is 0 Å². The lowest BCUT2D eigenvalue weighted by Crippen LogP contribution is -2.37. The van der Waals surface area contributed by atoms with Gasteiger partial charge in [0.15, 0.2) is 0 Å². The highest BCUT2D eigenvalue weighted by molar-refractivity contribution is 5.73. The smallest absolute Gasteiger partial charge is 0.320 e. The molecule has 0 saturated heterocycles. The van der Waals surface area contributed by atoms with Crippen LogP contribution in [0.25, 0.3) is 0 Å². The molecule has 1 rings (SSSR count). The van der Waals surface area contributed by atoms with E-state index >= 15 is 0 Å². The number of phenols is 2. The number of carbonyl (C=O) groups is 1. The van der Waals surface area contributed by atoms with E-state index in [-0.39, 0.29) is 11.5 Å². The van der Waals surface area contributed by atoms with Gasteiger partial charge in [0.1, 0.15) is 17.5 Å². The first kappa shape index (κ1) is 16.3. The van der Waals surface area contributed by atoms with Gasteiger partial charge in [-0.05, 0) is 37.9 Å². The number of unbranched alkanes of at least 4 members (excludes halogenated alkanes) is 1. The topological polar surface area (TPSA) is 116 Å². The largest absolute Gasteiger partial charge is 0.508 e. The summed E-state index contributed by atoms with van der Waals surface area (Å²) in [6.07, 6.45) is 2.42. The minimum Gasteiger partial charge on any atom is -0.508 e. The Morgan fingerprint density at radius 2 is 1.90 bits per heavy atom. The summed E-state index contributed by atoms with van der Waals surface area (Å²) < 4.78 is 0. The predicted molar refractivity (Wildman–Crippen MR) is 75.8 cm³/mol. The molecular weight excluding hydrogens is 260 g/mol. The number of phenolic OH excluding ortho intramolecular Hbond substituents is 2. The maximum Gasteiger partial charge on any atom is 0.320 e. The van der Waals surface area contributed by atoms with E-state index in [1.807, 2.05) is 0 Å². The number of hydrogen-bond donors (Lipinski definition) is 5. The summed E-state index contributed by atoms with van der Waals surface area (Å²) in [6.45, 7) is 0.919. The molecule has 0 radical (unpaired) electrons. The Morgan fingerprint density at radius 3 is 2.45 bits per heavy atom. The van der Waals surface area contributed by atoms with Gasteiger partial charge in [-0.25, -0.2) is 0 Å². The fraction of sp³-hybridized carbons (Fsp3) is 0.500. The molecule has 0 fully saturated rings. The Balaban J connectivity index is 2.46. The molecule has 20 heavy (non-hydrogen) atoms. The minimum absolute atomic E-state index is 0.0156. The van der Waals surface area contributed by atoms with Crippen LogP contribution >= 0.6 is 0 Å². The highest BCUT2D eigenvalue weighted by Gasteiger charge is 2.16. The predicted octanol–water partition coefficient (Wildman–Crippen LogP) is 0.812. The molecule has 112 valence electrons. The van der Waals surface area contributed by atoms with E-state index in [1.165, 1.54) is 12.1 Å². The number of carboxylic acid groups (broad SMARTS) is 1. The van der Waals surface area contributed by atoms with Crippen LogP contribution < -0.4 is 11.1 Å². The Bertz CT molecular complexity index is 417. The molecule has 0 amide bonds. The molecule has 0 unspecified atom stereocenters. The summed E-state index contributed by atoms with van der Waals surface area (Å²) >= 11 is 0. The van der Waals surface area contributed by atoms with Crippen LogP contribution in [0.5, 0.6) is 11.5 Å². The number of hydrogen-bond acceptors (Lipinski definition) is 5. The zero-order chi connectivity index (χ0) is 15.0. The Morgan fingerprint density at radius 1 is 1.25 bits per heavy atom. The lowest BCUT2D eigenvalue weighted by Gasteiger charge is -2.15. The van der Waals surface area contributed by atoms with Crippen molar-refractivity contribution in [2.24, 2.45) is 5.73 Å². The van der Waals surface area contributed by atoms with E-state index in [4.69, 9.17) is 10.8 Å². The van der Waals surface area contributed by atoms with Crippen LogP contribution in [0.2, 0.25) is 0 Å². The number of carboxylic acids is 1. The van der Waals surface area contributed by atoms with E-state index in [0.29, 0.717) is 31.5 Å². The van der Waals surface area contributed by atoms with Crippen LogP contribution in [0.1, 0.15) is 24.8 Å². The van der Waals surface area contributed by atoms with Gasteiger partial charge in [-0.15, -0.1) is 0 Å². The molecule has 0 aliphatic heterocycles. The first-order chi connectivity index (χ1) is 9.56. The molecule has 0 aliphatic carbocycles. The van der Waals surface area contributed by atoms with Gasteiger partial charge in [0.2, 0.25) is 0 Å². The summed E-state index contributed by atoms with van der Waals surface area (Å²) in [7, 11) is 0. The normalized spacial score (nSPS) is 12.2. The van der Waals surface area contributed by atoms with E-state index < -0.39 is 12.0 Å². The standard InChI is InChI=1S/C14H22N2O4/c15-8-2-1-4-11(14(19)20)16-9-7-10-12(17)5-3-6-13(10)18/h3,5-6,11,16-18H,1-2,4,7-9,15H2,(H,19,20)/t11-/m0/s1. The van der Waals surface area contributed by atoms with Crippen molar-refractivity contribution >= 4 is 5.97 Å². The van der Waals surface area contributed by atoms with Crippen LogP contribution in [0.4, 0.5) is 0 Å². The third kappa shape index (κ3) is 5.07. The second-order valence-electron chi connectivity index (χ2n) is 4.65. The van der Waals surface area contributed by atoms with Gasteiger partial charge in [-0.3, -0.25) is 4.79 Å². The second kappa shape index (κ2) is 8.39. The third-order valence-corrected chi connectivity index (χ3v) is 3.14. The lowest BCUT2D eigenvalue weighted by molar-refractivity contribution is -0.139. The highest BCUT2D eigenvalue weighted by Crippen LogP contribution is 2.26. The number of nitrogens with two attached hydrogens (primary N) is 1. The zero-order valence-electron chi connectivity index (χ0n) is 11.4. The average Bonchev–Trinajstić information content (AvgIpc) is 2.40. The zero-order valence-corrected chi connectivity index (χ0v) is 11.4. The first-order valence-electron chi connectivity index (χ1n) is 6.72. The van der Waals surface area contributed by atoms with Crippen molar-refractivity contribution in [3.8, 4) is 11.5 Å². The maximum absolute atomic E-state index is 11.1. The van der Waals surface area contributed by atoms with Crippen molar-refractivity contribution < 1.29 is 20.1 Å². The fourth-order valence-electron chi connectivity index (χ4n) is 2.00. The molecule has 0 saturated carbocycles. The van der Waals surface area contributed by atoms with Crippen molar-refractivity contribution in [3.63, 3.8) is 0 Å². The van der Waals surface area contributed by atoms with Gasteiger partial charge in [0.05, 0.1) is 0 Å². The summed E-state index contributed by atoms with van der Waals surface area (Å²) in [5.74, 6) is -0.868. The Kier molecular flexibility index (Phi) is 6.83. The Labute approximate surface area is 118 Å². The van der Waals surface area contributed by atoms with Crippen molar-refractivity contribution in [1.29, 1.82) is 0 Å². The highest BCUT2D eigenvalue weighted by atomic mass is 16.4. The molecular formula is C14H22N2O4. The SMILES string of the molecule is NCCCC[C@H](NCCc1c(O)cccc1O)C(=O)O. The van der Waals surface area contributed by atoms with Gasteiger partial charge in [-0.1, -0.05) is 12.5 Å². The van der Waals surface area contributed by atoms with Crippen LogP contribution in [0, 0.1) is 0 Å². The summed E-state index contributed by atoms with van der Waals surface area (Å²) in [6, 6.07) is 3.90. The van der Waals surface area contributed by atoms with Crippen molar-refractivity contribution in [1.82, 2.24) is 5.32 Å². The van der Waals surface area contributed by atoms with Crippen molar-refractivity contribution in [3.05, 3.63) is 23.8 Å². The molecule has 1 atom stereocenters. The van der Waals surface area contributed by atoms with Gasteiger partial charge < -0.3 is 26.4 Å². The molecule has 0 bridgehead atoms. The number of rotatable bonds is 9. The van der Waals surface area contributed by atoms with E-state index in [9.17, 15) is 15.0 Å². The number of benzene rings is 1. The molecule has 1 aromatic carbocycles. The molecule has 0 aliphatic rings. The third-order valence-electron chi connectivity index (χ3n) is 3.14. The first-order valence-corrected chi connectivity index (χ1v) is 6.72. The number of nitrogens with one attached hydrogen (secondary N) is 1. The molecule has 1 aromatic rings. The molecule has 6 heteroatoms. The molecule has 0 spiro atoms. The monoisotopic (exact) mass is 282 g/mol.